The topological polar surface area (TPSA) is 67.4 Å². The lowest BCUT2D eigenvalue weighted by atomic mass is 10.2. The molecular weight excluding hydrogens is 391 g/mol. The van der Waals surface area contributed by atoms with E-state index in [0.29, 0.717) is 5.56 Å². The molecule has 0 saturated carbocycles. The Morgan fingerprint density at radius 1 is 1.00 bits per heavy atom. The van der Waals surface area contributed by atoms with Gasteiger partial charge in [-0.25, -0.2) is 9.18 Å². The van der Waals surface area contributed by atoms with Gasteiger partial charge >= 0.3 is 6.09 Å². The molecule has 25 heavy (non-hydrogen) atoms. The first-order valence-electron chi connectivity index (χ1n) is 7.50. The number of benzene rings is 2. The Hall–Kier alpha value is -2.41. The van der Waals surface area contributed by atoms with Gasteiger partial charge in [-0.05, 0) is 63.2 Å². The van der Waals surface area contributed by atoms with Crippen molar-refractivity contribution in [1.82, 2.24) is 0 Å². The van der Waals surface area contributed by atoms with Crippen LogP contribution in [0.1, 0.15) is 31.1 Å². The average Bonchev–Trinajstić information content (AvgIpc) is 2.48. The summed E-state index contributed by atoms with van der Waals surface area (Å²) < 4.78 is 19.6. The van der Waals surface area contributed by atoms with Gasteiger partial charge in [0, 0.05) is 10.0 Å². The molecule has 0 aromatic heterocycles. The molecule has 2 amide bonds. The van der Waals surface area contributed by atoms with Crippen molar-refractivity contribution in [3.63, 3.8) is 0 Å². The van der Waals surface area contributed by atoms with E-state index >= 15 is 0 Å². The standard InChI is InChI=1S/C18H18BrFN2O3/c1-18(2,3)25-17(24)22-14-9-8-13(20)10-15(14)21-16(23)11-4-6-12(19)7-5-11/h4-10H,1-3H3,(H,21,23)(H,22,24). The smallest absolute Gasteiger partial charge is 0.412 e. The number of hydrogen-bond donors (Lipinski definition) is 2. The predicted molar refractivity (Wildman–Crippen MR) is 98.4 cm³/mol. The summed E-state index contributed by atoms with van der Waals surface area (Å²) in [6.45, 7) is 5.19. The van der Waals surface area contributed by atoms with Crippen LogP contribution in [0.2, 0.25) is 0 Å². The fraction of sp³-hybridized carbons (Fsp3) is 0.222. The molecule has 0 bridgehead atoms. The van der Waals surface area contributed by atoms with Gasteiger partial charge in [0.05, 0.1) is 11.4 Å². The van der Waals surface area contributed by atoms with E-state index in [-0.39, 0.29) is 11.4 Å². The van der Waals surface area contributed by atoms with Crippen LogP contribution in [0.15, 0.2) is 46.9 Å². The molecule has 0 atom stereocenters. The average molecular weight is 409 g/mol. The van der Waals surface area contributed by atoms with Crippen LogP contribution in [0.5, 0.6) is 0 Å². The number of ether oxygens (including phenoxy) is 1. The van der Waals surface area contributed by atoms with Gasteiger partial charge in [-0.15, -0.1) is 0 Å². The molecule has 0 aliphatic heterocycles. The fourth-order valence-corrected chi connectivity index (χ4v) is 2.20. The Morgan fingerprint density at radius 2 is 1.64 bits per heavy atom. The van der Waals surface area contributed by atoms with E-state index in [0.717, 1.165) is 10.5 Å². The van der Waals surface area contributed by atoms with Gasteiger partial charge in [-0.3, -0.25) is 10.1 Å². The van der Waals surface area contributed by atoms with Crippen molar-refractivity contribution in [2.75, 3.05) is 10.6 Å². The molecule has 0 saturated heterocycles. The number of nitrogens with one attached hydrogen (secondary N) is 2. The first-order valence-corrected chi connectivity index (χ1v) is 8.30. The monoisotopic (exact) mass is 408 g/mol. The van der Waals surface area contributed by atoms with Crippen LogP contribution in [0.25, 0.3) is 0 Å². The molecule has 2 aromatic carbocycles. The highest BCUT2D eigenvalue weighted by molar-refractivity contribution is 9.10. The number of carbonyl (C=O) groups is 2. The van der Waals surface area contributed by atoms with Gasteiger partial charge in [0.1, 0.15) is 11.4 Å². The normalized spacial score (nSPS) is 10.9. The van der Waals surface area contributed by atoms with Gasteiger partial charge in [-0.2, -0.15) is 0 Å². The van der Waals surface area contributed by atoms with Gasteiger partial charge < -0.3 is 10.1 Å². The minimum absolute atomic E-state index is 0.138. The molecule has 2 N–H and O–H groups in total. The molecule has 0 fully saturated rings. The van der Waals surface area contributed by atoms with Crippen molar-refractivity contribution >= 4 is 39.3 Å². The second kappa shape index (κ2) is 7.65. The molecule has 5 nitrogen and oxygen atoms in total. The van der Waals surface area contributed by atoms with E-state index in [1.807, 2.05) is 0 Å². The van der Waals surface area contributed by atoms with E-state index < -0.39 is 23.4 Å². The molecule has 2 rings (SSSR count). The zero-order chi connectivity index (χ0) is 18.6. The Balaban J connectivity index is 2.19. The van der Waals surface area contributed by atoms with E-state index in [1.165, 1.54) is 12.1 Å². The second-order valence-electron chi connectivity index (χ2n) is 6.28. The van der Waals surface area contributed by atoms with Crippen molar-refractivity contribution in [2.24, 2.45) is 0 Å². The number of carbonyl (C=O) groups excluding carboxylic acids is 2. The molecule has 0 heterocycles. The van der Waals surface area contributed by atoms with Crippen LogP contribution in [-0.2, 0) is 4.74 Å². The van der Waals surface area contributed by atoms with Crippen LogP contribution < -0.4 is 10.6 Å². The summed E-state index contributed by atoms with van der Waals surface area (Å²) in [5, 5.41) is 5.10. The van der Waals surface area contributed by atoms with E-state index in [1.54, 1.807) is 45.0 Å². The van der Waals surface area contributed by atoms with E-state index in [4.69, 9.17) is 4.74 Å². The predicted octanol–water partition coefficient (Wildman–Crippen LogP) is 5.19. The molecule has 0 spiro atoms. The maximum Gasteiger partial charge on any atom is 0.412 e. The van der Waals surface area contributed by atoms with Crippen molar-refractivity contribution in [1.29, 1.82) is 0 Å². The maximum absolute atomic E-state index is 13.6. The van der Waals surface area contributed by atoms with Gasteiger partial charge in [0.15, 0.2) is 0 Å². The summed E-state index contributed by atoms with van der Waals surface area (Å²) in [4.78, 5) is 24.2. The Kier molecular flexibility index (Phi) is 5.79. The molecule has 132 valence electrons. The van der Waals surface area contributed by atoms with E-state index in [2.05, 4.69) is 26.6 Å². The van der Waals surface area contributed by atoms with Gasteiger partial charge in [0.2, 0.25) is 0 Å². The van der Waals surface area contributed by atoms with Crippen LogP contribution in [0.3, 0.4) is 0 Å². The summed E-state index contributed by atoms with van der Waals surface area (Å²) in [6.07, 6.45) is -0.696. The van der Waals surface area contributed by atoms with Crippen molar-refractivity contribution in [3.8, 4) is 0 Å². The Morgan fingerprint density at radius 3 is 2.24 bits per heavy atom. The third kappa shape index (κ3) is 5.86. The van der Waals surface area contributed by atoms with Crippen molar-refractivity contribution in [2.45, 2.75) is 26.4 Å². The largest absolute Gasteiger partial charge is 0.444 e. The highest BCUT2D eigenvalue weighted by Crippen LogP contribution is 2.24. The van der Waals surface area contributed by atoms with Crippen molar-refractivity contribution < 1.29 is 18.7 Å². The molecule has 2 aromatic rings. The van der Waals surface area contributed by atoms with Crippen LogP contribution >= 0.6 is 15.9 Å². The third-order valence-corrected chi connectivity index (χ3v) is 3.50. The van der Waals surface area contributed by atoms with Gasteiger partial charge in [0.25, 0.3) is 5.91 Å². The molecular formula is C18H18BrFN2O3. The number of amides is 2. The molecule has 0 aliphatic carbocycles. The summed E-state index contributed by atoms with van der Waals surface area (Å²) in [6, 6.07) is 10.4. The summed E-state index contributed by atoms with van der Waals surface area (Å²) >= 11 is 3.29. The zero-order valence-electron chi connectivity index (χ0n) is 14.0. The lowest BCUT2D eigenvalue weighted by Crippen LogP contribution is -2.27. The lowest BCUT2D eigenvalue weighted by Gasteiger charge is -2.20. The SMILES string of the molecule is CC(C)(C)OC(=O)Nc1ccc(F)cc1NC(=O)c1ccc(Br)cc1. The second-order valence-corrected chi connectivity index (χ2v) is 7.19. The summed E-state index contributed by atoms with van der Waals surface area (Å²) in [7, 11) is 0. The quantitative estimate of drug-likeness (QED) is 0.734. The fourth-order valence-electron chi connectivity index (χ4n) is 1.94. The summed E-state index contributed by atoms with van der Waals surface area (Å²) in [5.41, 5.74) is 0.0980. The summed E-state index contributed by atoms with van der Waals surface area (Å²) in [5.74, 6) is -0.966. The minimum atomic E-state index is -0.696. The van der Waals surface area contributed by atoms with E-state index in [9.17, 15) is 14.0 Å². The highest BCUT2D eigenvalue weighted by Gasteiger charge is 2.18. The van der Waals surface area contributed by atoms with Crippen LogP contribution in [-0.4, -0.2) is 17.6 Å². The Labute approximate surface area is 153 Å². The van der Waals surface area contributed by atoms with Crippen molar-refractivity contribution in [3.05, 3.63) is 58.3 Å². The first-order chi connectivity index (χ1) is 11.6. The van der Waals surface area contributed by atoms with Gasteiger partial charge in [-0.1, -0.05) is 15.9 Å². The maximum atomic E-state index is 13.6. The third-order valence-electron chi connectivity index (χ3n) is 2.97. The van der Waals surface area contributed by atoms with Crippen LogP contribution in [0.4, 0.5) is 20.6 Å². The Bertz CT molecular complexity index is 786. The molecule has 0 radical (unpaired) electrons. The molecule has 0 aliphatic rings. The van der Waals surface area contributed by atoms with Crippen LogP contribution in [0, 0.1) is 5.82 Å². The number of hydrogen-bond acceptors (Lipinski definition) is 3. The lowest BCUT2D eigenvalue weighted by molar-refractivity contribution is 0.0635. The first kappa shape index (κ1) is 18.9. The number of halogens is 2. The highest BCUT2D eigenvalue weighted by atomic mass is 79.9. The molecule has 7 heteroatoms. The number of rotatable bonds is 3. The zero-order valence-corrected chi connectivity index (χ0v) is 15.6. The minimum Gasteiger partial charge on any atom is -0.444 e. The number of anilines is 2. The molecule has 0 unspecified atom stereocenters.